The van der Waals surface area contributed by atoms with E-state index in [-0.39, 0.29) is 5.78 Å². The van der Waals surface area contributed by atoms with E-state index in [1.807, 2.05) is 30.3 Å². The Labute approximate surface area is 94.2 Å². The molecule has 16 heavy (non-hydrogen) atoms. The van der Waals surface area contributed by atoms with Crippen molar-refractivity contribution in [2.24, 2.45) is 5.41 Å². The van der Waals surface area contributed by atoms with Gasteiger partial charge in [-0.2, -0.15) is 5.26 Å². The highest BCUT2D eigenvalue weighted by Crippen LogP contribution is 2.48. The molecule has 0 heterocycles. The van der Waals surface area contributed by atoms with Crippen LogP contribution in [0.5, 0.6) is 0 Å². The number of rotatable bonds is 0. The fourth-order valence-electron chi connectivity index (χ4n) is 2.80. The van der Waals surface area contributed by atoms with E-state index in [2.05, 4.69) is 6.07 Å². The number of carbonyl (C=O) groups is 1. The number of hydrogen-bond donors (Lipinski definition) is 0. The molecule has 0 N–H and O–H groups in total. The smallest absolute Gasteiger partial charge is 0.187 e. The van der Waals surface area contributed by atoms with Crippen molar-refractivity contribution in [1.82, 2.24) is 0 Å². The molecule has 3 rings (SSSR count). The molecule has 2 aliphatic carbocycles. The first-order valence-corrected chi connectivity index (χ1v) is 5.54. The van der Waals surface area contributed by atoms with Crippen molar-refractivity contribution in [3.8, 4) is 6.07 Å². The lowest BCUT2D eigenvalue weighted by atomic mass is 9.72. The molecular weight excluding hydrogens is 198 g/mol. The summed E-state index contributed by atoms with van der Waals surface area (Å²) >= 11 is 0. The first-order valence-electron chi connectivity index (χ1n) is 5.54. The average Bonchev–Trinajstić information content (AvgIpc) is 2.74. The van der Waals surface area contributed by atoms with Gasteiger partial charge in [0.15, 0.2) is 5.78 Å². The number of benzene rings is 1. The van der Waals surface area contributed by atoms with Crippen LogP contribution in [-0.2, 0) is 0 Å². The maximum absolute atomic E-state index is 12.4. The first kappa shape index (κ1) is 9.35. The monoisotopic (exact) mass is 209 g/mol. The molecule has 0 aromatic heterocycles. The molecule has 1 unspecified atom stereocenters. The molecule has 0 aliphatic heterocycles. The van der Waals surface area contributed by atoms with Gasteiger partial charge < -0.3 is 0 Å². The number of fused-ring (bicyclic) bond motifs is 2. The molecule has 0 spiro atoms. The summed E-state index contributed by atoms with van der Waals surface area (Å²) in [6.07, 6.45) is 4.54. The van der Waals surface area contributed by atoms with Gasteiger partial charge in [-0.15, -0.1) is 0 Å². The maximum atomic E-state index is 12.4. The van der Waals surface area contributed by atoms with Gasteiger partial charge in [0, 0.05) is 5.56 Å². The molecule has 1 atom stereocenters. The van der Waals surface area contributed by atoms with Crippen LogP contribution in [-0.4, -0.2) is 5.78 Å². The summed E-state index contributed by atoms with van der Waals surface area (Å²) in [6.45, 7) is 0. The van der Waals surface area contributed by atoms with Crippen molar-refractivity contribution in [3.05, 3.63) is 41.0 Å². The van der Waals surface area contributed by atoms with Crippen molar-refractivity contribution in [1.29, 1.82) is 5.26 Å². The van der Waals surface area contributed by atoms with E-state index in [0.717, 1.165) is 24.0 Å². The molecule has 2 nitrogen and oxygen atoms in total. The Kier molecular flexibility index (Phi) is 1.79. The molecule has 1 saturated carbocycles. The van der Waals surface area contributed by atoms with Gasteiger partial charge in [-0.1, -0.05) is 30.3 Å². The van der Waals surface area contributed by atoms with Crippen LogP contribution in [0.4, 0.5) is 0 Å². The molecule has 0 saturated heterocycles. The zero-order chi connectivity index (χ0) is 11.2. The van der Waals surface area contributed by atoms with Crippen LogP contribution in [0.1, 0.15) is 35.2 Å². The predicted molar refractivity (Wildman–Crippen MR) is 60.6 cm³/mol. The van der Waals surface area contributed by atoms with Crippen LogP contribution < -0.4 is 0 Å². The molecular formula is C14H11NO. The summed E-state index contributed by atoms with van der Waals surface area (Å²) in [5.41, 5.74) is 1.85. The second kappa shape index (κ2) is 3.05. The quantitative estimate of drug-likeness (QED) is 0.659. The highest BCUT2D eigenvalue weighted by atomic mass is 16.1. The van der Waals surface area contributed by atoms with Gasteiger partial charge in [0.25, 0.3) is 0 Å². The lowest BCUT2D eigenvalue weighted by Crippen LogP contribution is -2.31. The number of carbonyl (C=O) groups excluding carboxylic acids is 1. The van der Waals surface area contributed by atoms with E-state index < -0.39 is 5.41 Å². The molecule has 1 fully saturated rings. The summed E-state index contributed by atoms with van der Waals surface area (Å²) in [6, 6.07) is 9.80. The normalized spacial score (nSPS) is 26.7. The van der Waals surface area contributed by atoms with Crippen molar-refractivity contribution in [2.75, 3.05) is 0 Å². The molecule has 0 amide bonds. The van der Waals surface area contributed by atoms with Gasteiger partial charge in [-0.3, -0.25) is 4.79 Å². The zero-order valence-corrected chi connectivity index (χ0v) is 8.86. The van der Waals surface area contributed by atoms with E-state index in [1.54, 1.807) is 0 Å². The van der Waals surface area contributed by atoms with Crippen molar-refractivity contribution < 1.29 is 4.79 Å². The Balaban J connectivity index is 2.28. The zero-order valence-electron chi connectivity index (χ0n) is 8.86. The molecule has 0 radical (unpaired) electrons. The minimum atomic E-state index is -0.839. The SMILES string of the molecule is N#CC12CCCC1=Cc1ccccc1C2=O. The van der Waals surface area contributed by atoms with Crippen LogP contribution in [0.2, 0.25) is 0 Å². The number of hydrogen-bond acceptors (Lipinski definition) is 2. The Bertz CT molecular complexity index is 550. The van der Waals surface area contributed by atoms with E-state index in [1.165, 1.54) is 0 Å². The fourth-order valence-corrected chi connectivity index (χ4v) is 2.80. The lowest BCUT2D eigenvalue weighted by molar-refractivity contribution is 0.0894. The van der Waals surface area contributed by atoms with Gasteiger partial charge in [0.05, 0.1) is 6.07 Å². The largest absolute Gasteiger partial charge is 0.292 e. The Morgan fingerprint density at radius 1 is 1.31 bits per heavy atom. The highest BCUT2D eigenvalue weighted by molar-refractivity contribution is 6.10. The van der Waals surface area contributed by atoms with Crippen LogP contribution in [0.3, 0.4) is 0 Å². The molecule has 2 aliphatic rings. The van der Waals surface area contributed by atoms with E-state index in [4.69, 9.17) is 0 Å². The standard InChI is InChI=1S/C14H11NO/c15-9-14-7-3-5-11(14)8-10-4-1-2-6-12(10)13(14)16/h1-2,4,6,8H,3,5,7H2. The van der Waals surface area contributed by atoms with Gasteiger partial charge in [0.1, 0.15) is 5.41 Å². The molecule has 1 aromatic rings. The Hall–Kier alpha value is -1.88. The first-order chi connectivity index (χ1) is 7.78. The summed E-state index contributed by atoms with van der Waals surface area (Å²) in [7, 11) is 0. The molecule has 2 heteroatoms. The second-order valence-electron chi connectivity index (χ2n) is 4.46. The Morgan fingerprint density at radius 3 is 2.94 bits per heavy atom. The van der Waals surface area contributed by atoms with Crippen molar-refractivity contribution in [3.63, 3.8) is 0 Å². The summed E-state index contributed by atoms with van der Waals surface area (Å²) < 4.78 is 0. The predicted octanol–water partition coefficient (Wildman–Crippen LogP) is 2.96. The lowest BCUT2D eigenvalue weighted by Gasteiger charge is -2.26. The minimum Gasteiger partial charge on any atom is -0.292 e. The third-order valence-corrected chi connectivity index (χ3v) is 3.66. The number of nitrogens with zero attached hydrogens (tertiary/aromatic N) is 1. The third-order valence-electron chi connectivity index (χ3n) is 3.66. The number of allylic oxidation sites excluding steroid dienone is 1. The van der Waals surface area contributed by atoms with Gasteiger partial charge in [-0.05, 0) is 30.4 Å². The van der Waals surface area contributed by atoms with Crippen molar-refractivity contribution >= 4 is 11.9 Å². The number of nitriles is 1. The average molecular weight is 209 g/mol. The van der Waals surface area contributed by atoms with Gasteiger partial charge in [-0.25, -0.2) is 0 Å². The summed E-state index contributed by atoms with van der Waals surface area (Å²) in [5.74, 6) is 0.000556. The fraction of sp³-hybridized carbons (Fsp3) is 0.286. The molecule has 78 valence electrons. The Morgan fingerprint density at radius 2 is 2.12 bits per heavy atom. The summed E-state index contributed by atoms with van der Waals surface area (Å²) in [5, 5.41) is 9.34. The minimum absolute atomic E-state index is 0.000556. The highest BCUT2D eigenvalue weighted by Gasteiger charge is 2.48. The van der Waals surface area contributed by atoms with Gasteiger partial charge >= 0.3 is 0 Å². The van der Waals surface area contributed by atoms with Crippen LogP contribution in [0, 0.1) is 16.7 Å². The summed E-state index contributed by atoms with van der Waals surface area (Å²) in [4.78, 5) is 12.4. The van der Waals surface area contributed by atoms with Crippen LogP contribution in [0.25, 0.3) is 6.08 Å². The van der Waals surface area contributed by atoms with E-state index >= 15 is 0 Å². The van der Waals surface area contributed by atoms with Gasteiger partial charge in [0.2, 0.25) is 0 Å². The molecule has 0 bridgehead atoms. The van der Waals surface area contributed by atoms with Crippen LogP contribution in [0.15, 0.2) is 29.8 Å². The van der Waals surface area contributed by atoms with E-state index in [9.17, 15) is 10.1 Å². The van der Waals surface area contributed by atoms with Crippen molar-refractivity contribution in [2.45, 2.75) is 19.3 Å². The topological polar surface area (TPSA) is 40.9 Å². The maximum Gasteiger partial charge on any atom is 0.187 e. The third kappa shape index (κ3) is 0.979. The number of Topliss-reactive ketones (excluding diaryl/α,β-unsaturated/α-hetero) is 1. The van der Waals surface area contributed by atoms with E-state index in [0.29, 0.717) is 12.0 Å². The molecule has 1 aromatic carbocycles. The van der Waals surface area contributed by atoms with Crippen LogP contribution >= 0.6 is 0 Å². The number of ketones is 1. The second-order valence-corrected chi connectivity index (χ2v) is 4.46.